The lowest BCUT2D eigenvalue weighted by atomic mass is 9.97. The fourth-order valence-electron chi connectivity index (χ4n) is 5.75. The lowest BCUT2D eigenvalue weighted by Crippen LogP contribution is -2.53. The zero-order valence-electron chi connectivity index (χ0n) is 29.0. The second-order valence-corrected chi connectivity index (χ2v) is 12.4. The van der Waals surface area contributed by atoms with Gasteiger partial charge in [0, 0.05) is 51.0 Å². The van der Waals surface area contributed by atoms with Crippen molar-refractivity contribution in [1.82, 2.24) is 30.4 Å². The molecule has 1 heterocycles. The molecule has 12 heteroatoms. The van der Waals surface area contributed by atoms with Crippen molar-refractivity contribution in [1.29, 1.82) is 5.26 Å². The number of carbonyl (C=O) groups excluding carboxylic acids is 4. The van der Waals surface area contributed by atoms with Crippen LogP contribution in [0.1, 0.15) is 49.6 Å². The average molecular weight is 680 g/mol. The van der Waals surface area contributed by atoms with Crippen molar-refractivity contribution in [3.8, 4) is 6.07 Å². The number of ether oxygens (including phenoxy) is 1. The predicted molar refractivity (Wildman–Crippen MR) is 189 cm³/mol. The number of benzene rings is 3. The monoisotopic (exact) mass is 679 g/mol. The van der Waals surface area contributed by atoms with Crippen molar-refractivity contribution in [3.05, 3.63) is 102 Å². The van der Waals surface area contributed by atoms with Crippen molar-refractivity contribution in [2.75, 3.05) is 26.7 Å². The van der Waals surface area contributed by atoms with E-state index in [4.69, 9.17) is 10.00 Å². The summed E-state index contributed by atoms with van der Waals surface area (Å²) in [6, 6.07) is 22.1. The Morgan fingerprint density at radius 1 is 1.00 bits per heavy atom. The third kappa shape index (κ3) is 10.7. The molecule has 1 aromatic heterocycles. The van der Waals surface area contributed by atoms with Gasteiger partial charge in [0.2, 0.25) is 17.7 Å². The number of methoxy groups -OCH3 is 1. The standard InChI is InChI=1S/C38H45N7O5/c1-5-26(2)35(43-36(47)17-32-19-40-25-45(32)21-29-15-13-28(18-39)14-16-29)23-44(22-31-11-8-10-30-9-6-7-12-33(30)31)24-37(48)42-34(38(49)50-4)20-41-27(3)46/h6-16,19,25-26,34-35H,5,17,20-24H2,1-4H3,(H,41,46)(H,42,48)(H,43,47)/t26?,34-,35+/m0/s1. The van der Waals surface area contributed by atoms with E-state index >= 15 is 0 Å². The first-order chi connectivity index (χ1) is 24.1. The SMILES string of the molecule is CCC(C)[C@@H](CN(CC(=O)N[C@@H](CNC(C)=O)C(=O)OC)Cc1cccc2ccccc12)NC(=O)Cc1cncn1Cc1ccc(C#N)cc1. The average Bonchev–Trinajstić information content (AvgIpc) is 3.54. The zero-order valence-corrected chi connectivity index (χ0v) is 29.0. The highest BCUT2D eigenvalue weighted by molar-refractivity contribution is 5.87. The van der Waals surface area contributed by atoms with Crippen LogP contribution in [0.3, 0.4) is 0 Å². The van der Waals surface area contributed by atoms with Gasteiger partial charge in [-0.2, -0.15) is 5.26 Å². The van der Waals surface area contributed by atoms with Gasteiger partial charge in [-0.05, 0) is 39.9 Å². The summed E-state index contributed by atoms with van der Waals surface area (Å²) in [5.74, 6) is -1.53. The Bertz CT molecular complexity index is 1810. The minimum atomic E-state index is -1.06. The van der Waals surface area contributed by atoms with Crippen molar-refractivity contribution >= 4 is 34.5 Å². The molecule has 3 aromatic carbocycles. The van der Waals surface area contributed by atoms with Gasteiger partial charge in [-0.25, -0.2) is 9.78 Å². The fourth-order valence-corrected chi connectivity index (χ4v) is 5.75. The first-order valence-corrected chi connectivity index (χ1v) is 16.7. The summed E-state index contributed by atoms with van der Waals surface area (Å²) in [7, 11) is 1.22. The molecule has 3 amide bonds. The predicted octanol–water partition coefficient (Wildman–Crippen LogP) is 3.33. The summed E-state index contributed by atoms with van der Waals surface area (Å²) in [5, 5.41) is 19.7. The number of nitriles is 1. The third-order valence-corrected chi connectivity index (χ3v) is 8.73. The van der Waals surface area contributed by atoms with E-state index in [9.17, 15) is 19.2 Å². The maximum Gasteiger partial charge on any atom is 0.330 e. The van der Waals surface area contributed by atoms with Gasteiger partial charge in [0.1, 0.15) is 6.04 Å². The van der Waals surface area contributed by atoms with Crippen molar-refractivity contribution in [2.45, 2.75) is 58.8 Å². The lowest BCUT2D eigenvalue weighted by molar-refractivity contribution is -0.145. The van der Waals surface area contributed by atoms with Crippen LogP contribution in [0.15, 0.2) is 79.3 Å². The van der Waals surface area contributed by atoms with Crippen LogP contribution in [0.25, 0.3) is 10.8 Å². The van der Waals surface area contributed by atoms with Crippen LogP contribution in [0.4, 0.5) is 0 Å². The van der Waals surface area contributed by atoms with Gasteiger partial charge in [-0.1, -0.05) is 74.9 Å². The van der Waals surface area contributed by atoms with E-state index < -0.39 is 17.9 Å². The van der Waals surface area contributed by atoms with E-state index in [1.807, 2.05) is 64.1 Å². The summed E-state index contributed by atoms with van der Waals surface area (Å²) >= 11 is 0. The van der Waals surface area contributed by atoms with Gasteiger partial charge in [0.25, 0.3) is 0 Å². The molecule has 0 aliphatic heterocycles. The van der Waals surface area contributed by atoms with Crippen molar-refractivity contribution < 1.29 is 23.9 Å². The fraction of sp³-hybridized carbons (Fsp3) is 0.368. The second-order valence-electron chi connectivity index (χ2n) is 12.4. The number of fused-ring (bicyclic) bond motifs is 1. The quantitative estimate of drug-likeness (QED) is 0.144. The number of aromatic nitrogens is 2. The van der Waals surface area contributed by atoms with Crippen LogP contribution in [0.5, 0.6) is 0 Å². The minimum Gasteiger partial charge on any atom is -0.467 e. The number of rotatable bonds is 17. The number of nitrogens with one attached hydrogen (secondary N) is 3. The normalized spacial score (nSPS) is 12.8. The summed E-state index contributed by atoms with van der Waals surface area (Å²) in [6.07, 6.45) is 4.26. The van der Waals surface area contributed by atoms with Gasteiger partial charge in [-0.3, -0.25) is 19.3 Å². The van der Waals surface area contributed by atoms with Crippen LogP contribution in [-0.2, 0) is 43.4 Å². The second kappa shape index (κ2) is 18.3. The van der Waals surface area contributed by atoms with Gasteiger partial charge in [0.05, 0.1) is 38.0 Å². The molecule has 12 nitrogen and oxygen atoms in total. The van der Waals surface area contributed by atoms with Gasteiger partial charge in [-0.15, -0.1) is 0 Å². The highest BCUT2D eigenvalue weighted by atomic mass is 16.5. The van der Waals surface area contributed by atoms with E-state index in [0.29, 0.717) is 25.2 Å². The van der Waals surface area contributed by atoms with E-state index in [-0.39, 0.29) is 43.3 Å². The Hall–Kier alpha value is -5.54. The van der Waals surface area contributed by atoms with Gasteiger partial charge >= 0.3 is 5.97 Å². The van der Waals surface area contributed by atoms with Crippen LogP contribution in [0, 0.1) is 17.2 Å². The van der Waals surface area contributed by atoms with Crippen LogP contribution in [-0.4, -0.2) is 77.0 Å². The number of amides is 3. The molecule has 262 valence electrons. The number of esters is 1. The lowest BCUT2D eigenvalue weighted by Gasteiger charge is -2.32. The van der Waals surface area contributed by atoms with E-state index in [0.717, 1.165) is 34.0 Å². The molecule has 0 radical (unpaired) electrons. The molecule has 4 aromatic rings. The Morgan fingerprint density at radius 2 is 1.74 bits per heavy atom. The maximum absolute atomic E-state index is 13.6. The Kier molecular flexibility index (Phi) is 13.6. The van der Waals surface area contributed by atoms with Crippen molar-refractivity contribution in [3.63, 3.8) is 0 Å². The molecule has 50 heavy (non-hydrogen) atoms. The van der Waals surface area contributed by atoms with Gasteiger partial charge < -0.3 is 25.3 Å². The number of hydrogen-bond acceptors (Lipinski definition) is 8. The number of carbonyl (C=O) groups is 4. The molecule has 0 saturated carbocycles. The largest absolute Gasteiger partial charge is 0.467 e. The molecule has 3 N–H and O–H groups in total. The summed E-state index contributed by atoms with van der Waals surface area (Å²) in [5.41, 5.74) is 3.32. The Balaban J connectivity index is 1.53. The molecule has 0 aliphatic rings. The third-order valence-electron chi connectivity index (χ3n) is 8.73. The molecule has 0 fully saturated rings. The topological polar surface area (TPSA) is 158 Å². The minimum absolute atomic E-state index is 0.0724. The molecule has 3 atom stereocenters. The first kappa shape index (κ1) is 37.3. The van der Waals surface area contributed by atoms with E-state index in [1.165, 1.54) is 14.0 Å². The van der Waals surface area contributed by atoms with Gasteiger partial charge in [0.15, 0.2) is 0 Å². The highest BCUT2D eigenvalue weighted by Crippen LogP contribution is 2.21. The Morgan fingerprint density at radius 3 is 2.44 bits per heavy atom. The molecule has 0 aliphatic carbocycles. The Labute approximate surface area is 292 Å². The van der Waals surface area contributed by atoms with E-state index in [2.05, 4.69) is 40.9 Å². The number of hydrogen-bond donors (Lipinski definition) is 3. The van der Waals surface area contributed by atoms with Crippen LogP contribution < -0.4 is 16.0 Å². The first-order valence-electron chi connectivity index (χ1n) is 16.7. The summed E-state index contributed by atoms with van der Waals surface area (Å²) in [6.45, 7) is 6.54. The smallest absolute Gasteiger partial charge is 0.330 e. The molecular formula is C38H45N7O5. The summed E-state index contributed by atoms with van der Waals surface area (Å²) < 4.78 is 6.77. The number of imidazole rings is 1. The van der Waals surface area contributed by atoms with Crippen LogP contribution >= 0.6 is 0 Å². The molecule has 0 bridgehead atoms. The summed E-state index contributed by atoms with van der Waals surface area (Å²) in [4.78, 5) is 57.2. The number of nitrogens with zero attached hydrogens (tertiary/aromatic N) is 4. The van der Waals surface area contributed by atoms with Crippen molar-refractivity contribution in [2.24, 2.45) is 5.92 Å². The molecule has 0 saturated heterocycles. The molecular weight excluding hydrogens is 634 g/mol. The molecule has 1 unspecified atom stereocenters. The molecule has 0 spiro atoms. The van der Waals surface area contributed by atoms with E-state index in [1.54, 1.807) is 24.7 Å². The molecule has 4 rings (SSSR count). The maximum atomic E-state index is 13.6. The van der Waals surface area contributed by atoms with Crippen LogP contribution in [0.2, 0.25) is 0 Å². The highest BCUT2D eigenvalue weighted by Gasteiger charge is 2.27. The zero-order chi connectivity index (χ0) is 36.0.